The molecule has 0 spiro atoms. The second kappa shape index (κ2) is 6.25. The Balaban J connectivity index is 2.09. The molecule has 1 aromatic carbocycles. The van der Waals surface area contributed by atoms with Gasteiger partial charge in [-0.2, -0.15) is 4.98 Å². The summed E-state index contributed by atoms with van der Waals surface area (Å²) in [6.07, 6.45) is -2.33. The van der Waals surface area contributed by atoms with Gasteiger partial charge in [0.15, 0.2) is 0 Å². The smallest absolute Gasteiger partial charge is 0.385 e. The Morgan fingerprint density at radius 3 is 2.76 bits per heavy atom. The molecule has 130 valence electrons. The minimum atomic E-state index is -4.97. The third-order valence-electron chi connectivity index (χ3n) is 3.13. The molecule has 10 heteroatoms. The van der Waals surface area contributed by atoms with Crippen molar-refractivity contribution in [1.82, 2.24) is 14.5 Å². The fourth-order valence-corrected chi connectivity index (χ4v) is 2.40. The first-order valence-electron chi connectivity index (χ1n) is 6.90. The molecular weight excluding hydrogens is 361 g/mol. The monoisotopic (exact) mass is 370 g/mol. The Bertz CT molecular complexity index is 956. The van der Waals surface area contributed by atoms with E-state index in [1.807, 2.05) is 0 Å². The lowest BCUT2D eigenvalue weighted by Crippen LogP contribution is -2.20. The fourth-order valence-electron chi connectivity index (χ4n) is 2.22. The number of nitrogens with one attached hydrogen (secondary N) is 1. The summed E-state index contributed by atoms with van der Waals surface area (Å²) in [5, 5.41) is 3.48. The predicted molar refractivity (Wildman–Crippen MR) is 84.9 cm³/mol. The van der Waals surface area contributed by atoms with Crippen molar-refractivity contribution in [2.75, 3.05) is 5.32 Å². The fraction of sp³-hybridized carbons (Fsp3) is 0.133. The lowest BCUT2D eigenvalue weighted by Gasteiger charge is -2.13. The maximum absolute atomic E-state index is 12.6. The van der Waals surface area contributed by atoms with Crippen LogP contribution in [0.4, 0.5) is 18.9 Å². The van der Waals surface area contributed by atoms with E-state index < -0.39 is 18.1 Å². The van der Waals surface area contributed by atoms with Gasteiger partial charge in [-0.15, -0.1) is 13.2 Å². The first-order chi connectivity index (χ1) is 11.7. The highest BCUT2D eigenvalue weighted by Gasteiger charge is 2.33. The van der Waals surface area contributed by atoms with Crippen LogP contribution in [0.25, 0.3) is 16.9 Å². The van der Waals surface area contributed by atoms with Crippen LogP contribution in [0.15, 0.2) is 36.7 Å². The van der Waals surface area contributed by atoms with Crippen LogP contribution in [-0.4, -0.2) is 26.8 Å². The first-order valence-corrected chi connectivity index (χ1v) is 7.28. The molecule has 0 unspecified atom stereocenters. The quantitative estimate of drug-likeness (QED) is 0.758. The number of carbonyl (C=O) groups excluding carboxylic acids is 1. The van der Waals surface area contributed by atoms with Gasteiger partial charge in [-0.1, -0.05) is 11.6 Å². The zero-order chi connectivity index (χ0) is 18.2. The zero-order valence-corrected chi connectivity index (χ0v) is 13.4. The van der Waals surface area contributed by atoms with Crippen LogP contribution in [0.5, 0.6) is 5.88 Å². The Morgan fingerprint density at radius 1 is 1.32 bits per heavy atom. The molecular formula is C15H10ClF3N4O2. The van der Waals surface area contributed by atoms with Crippen LogP contribution in [0, 0.1) is 0 Å². The third kappa shape index (κ3) is 3.82. The van der Waals surface area contributed by atoms with Crippen molar-refractivity contribution in [1.29, 1.82) is 0 Å². The molecule has 0 aliphatic heterocycles. The molecule has 2 heterocycles. The largest absolute Gasteiger partial charge is 0.574 e. The minimum absolute atomic E-state index is 0.0503. The van der Waals surface area contributed by atoms with E-state index >= 15 is 0 Å². The van der Waals surface area contributed by atoms with E-state index in [1.165, 1.54) is 4.57 Å². The van der Waals surface area contributed by atoms with Gasteiger partial charge >= 0.3 is 6.36 Å². The number of aromatic nitrogens is 3. The van der Waals surface area contributed by atoms with Crippen LogP contribution in [0.1, 0.15) is 6.92 Å². The van der Waals surface area contributed by atoms with Crippen molar-refractivity contribution in [3.05, 3.63) is 41.7 Å². The normalized spacial score (nSPS) is 11.6. The predicted octanol–water partition coefficient (Wildman–Crippen LogP) is 3.93. The first kappa shape index (κ1) is 17.0. The van der Waals surface area contributed by atoms with Gasteiger partial charge in [0.05, 0.1) is 11.7 Å². The van der Waals surface area contributed by atoms with Gasteiger partial charge in [-0.05, 0) is 24.3 Å². The van der Waals surface area contributed by atoms with Crippen molar-refractivity contribution in [2.24, 2.45) is 0 Å². The van der Waals surface area contributed by atoms with Gasteiger partial charge in [0.1, 0.15) is 5.69 Å². The molecule has 6 nitrogen and oxygen atoms in total. The summed E-state index contributed by atoms with van der Waals surface area (Å²) in [7, 11) is 0. The summed E-state index contributed by atoms with van der Waals surface area (Å²) in [5.74, 6) is -1.43. The van der Waals surface area contributed by atoms with E-state index in [4.69, 9.17) is 11.6 Å². The standard InChI is InChI=1S/C15H10ClF3N4O2/c1-8(24)21-11-7-20-14(22-13(11)25-15(17,18)19)23-5-4-9-6-10(16)2-3-12(9)23/h2-7H,1H3,(H,21,24). The molecule has 1 amide bonds. The molecule has 0 fully saturated rings. The molecule has 3 rings (SSSR count). The van der Waals surface area contributed by atoms with Crippen molar-refractivity contribution < 1.29 is 22.7 Å². The molecule has 0 atom stereocenters. The highest BCUT2D eigenvalue weighted by Crippen LogP contribution is 2.29. The summed E-state index contributed by atoms with van der Waals surface area (Å²) in [6.45, 7) is 1.15. The molecule has 3 aromatic rings. The summed E-state index contributed by atoms with van der Waals surface area (Å²) in [6, 6.07) is 6.75. The highest BCUT2D eigenvalue weighted by atomic mass is 35.5. The lowest BCUT2D eigenvalue weighted by molar-refractivity contribution is -0.275. The second-order valence-electron chi connectivity index (χ2n) is 5.01. The molecule has 1 N–H and O–H groups in total. The van der Waals surface area contributed by atoms with Crippen molar-refractivity contribution in [3.8, 4) is 11.8 Å². The number of hydrogen-bond donors (Lipinski definition) is 1. The van der Waals surface area contributed by atoms with Crippen LogP contribution in [-0.2, 0) is 4.79 Å². The molecule has 0 radical (unpaired) electrons. The number of anilines is 1. The third-order valence-corrected chi connectivity index (χ3v) is 3.37. The molecule has 2 aromatic heterocycles. The molecule has 0 aliphatic carbocycles. The summed E-state index contributed by atoms with van der Waals surface area (Å²) >= 11 is 5.92. The number of halogens is 4. The zero-order valence-electron chi connectivity index (χ0n) is 12.6. The van der Waals surface area contributed by atoms with Gasteiger partial charge in [-0.3, -0.25) is 9.36 Å². The number of alkyl halides is 3. The summed E-state index contributed by atoms with van der Waals surface area (Å²) < 4.78 is 43.2. The Hall–Kier alpha value is -2.81. The number of benzene rings is 1. The van der Waals surface area contributed by atoms with E-state index in [1.54, 1.807) is 30.5 Å². The maximum atomic E-state index is 12.6. The Labute approximate surface area is 144 Å². The average molecular weight is 371 g/mol. The van der Waals surface area contributed by atoms with Crippen molar-refractivity contribution >= 4 is 34.1 Å². The molecule has 25 heavy (non-hydrogen) atoms. The van der Waals surface area contributed by atoms with Gasteiger partial charge in [0.25, 0.3) is 5.88 Å². The molecule has 0 aliphatic rings. The van der Waals surface area contributed by atoms with Crippen LogP contribution >= 0.6 is 11.6 Å². The van der Waals surface area contributed by atoms with E-state index in [9.17, 15) is 18.0 Å². The minimum Gasteiger partial charge on any atom is -0.385 e. The van der Waals surface area contributed by atoms with Gasteiger partial charge in [-0.25, -0.2) is 4.98 Å². The number of nitrogens with zero attached hydrogens (tertiary/aromatic N) is 3. The SMILES string of the molecule is CC(=O)Nc1cnc(-n2ccc3cc(Cl)ccc32)nc1OC(F)(F)F. The lowest BCUT2D eigenvalue weighted by atomic mass is 10.2. The van der Waals surface area contributed by atoms with Gasteiger partial charge in [0, 0.05) is 23.5 Å². The summed E-state index contributed by atoms with van der Waals surface area (Å²) in [4.78, 5) is 18.9. The molecule has 0 bridgehead atoms. The number of rotatable bonds is 3. The number of fused-ring (bicyclic) bond motifs is 1. The Morgan fingerprint density at radius 2 is 2.08 bits per heavy atom. The molecule has 0 saturated heterocycles. The second-order valence-corrected chi connectivity index (χ2v) is 5.44. The van der Waals surface area contributed by atoms with Gasteiger partial charge < -0.3 is 10.1 Å². The van der Waals surface area contributed by atoms with E-state index in [-0.39, 0.29) is 11.6 Å². The van der Waals surface area contributed by atoms with Crippen LogP contribution in [0.3, 0.4) is 0 Å². The van der Waals surface area contributed by atoms with E-state index in [0.29, 0.717) is 10.5 Å². The van der Waals surface area contributed by atoms with Crippen LogP contribution < -0.4 is 10.1 Å². The van der Waals surface area contributed by atoms with Crippen LogP contribution in [0.2, 0.25) is 5.02 Å². The number of hydrogen-bond acceptors (Lipinski definition) is 4. The number of amides is 1. The average Bonchev–Trinajstić information content (AvgIpc) is 2.90. The molecule has 0 saturated carbocycles. The highest BCUT2D eigenvalue weighted by molar-refractivity contribution is 6.31. The van der Waals surface area contributed by atoms with E-state index in [0.717, 1.165) is 18.5 Å². The number of carbonyl (C=O) groups is 1. The summed E-state index contributed by atoms with van der Waals surface area (Å²) in [5.41, 5.74) is 0.364. The topological polar surface area (TPSA) is 69.0 Å². The van der Waals surface area contributed by atoms with E-state index in [2.05, 4.69) is 20.0 Å². The van der Waals surface area contributed by atoms with Gasteiger partial charge in [0.2, 0.25) is 11.9 Å². The Kier molecular flexibility index (Phi) is 4.25. The van der Waals surface area contributed by atoms with Crippen molar-refractivity contribution in [3.63, 3.8) is 0 Å². The number of ether oxygens (including phenoxy) is 1. The van der Waals surface area contributed by atoms with Crippen molar-refractivity contribution in [2.45, 2.75) is 13.3 Å². The maximum Gasteiger partial charge on any atom is 0.574 e.